The Balaban J connectivity index is 2.34. The van der Waals surface area contributed by atoms with Crippen LogP contribution in [-0.4, -0.2) is 24.0 Å². The van der Waals surface area contributed by atoms with Crippen LogP contribution in [0.5, 0.6) is 11.5 Å². The highest BCUT2D eigenvalue weighted by molar-refractivity contribution is 6.33. The van der Waals surface area contributed by atoms with E-state index in [-0.39, 0.29) is 11.5 Å². The van der Waals surface area contributed by atoms with Gasteiger partial charge in [-0.15, -0.1) is 0 Å². The van der Waals surface area contributed by atoms with Crippen molar-refractivity contribution in [1.82, 2.24) is 0 Å². The van der Waals surface area contributed by atoms with Gasteiger partial charge in [-0.1, -0.05) is 32.6 Å². The first-order valence-corrected chi connectivity index (χ1v) is 6.58. The Morgan fingerprint density at radius 2 is 1.89 bits per heavy atom. The summed E-state index contributed by atoms with van der Waals surface area (Å²) in [5, 5.41) is 17.2. The number of hydrogen-bond acceptors (Lipinski definition) is 4. The molecule has 0 bridgehead atoms. The molecule has 0 aliphatic heterocycles. The molecule has 0 unspecified atom stereocenters. The lowest BCUT2D eigenvalue weighted by molar-refractivity contribution is 0.280. The van der Waals surface area contributed by atoms with Crippen molar-refractivity contribution in [3.8, 4) is 11.5 Å². The third-order valence-electron chi connectivity index (χ3n) is 2.65. The van der Waals surface area contributed by atoms with Crippen molar-refractivity contribution in [1.29, 1.82) is 0 Å². The van der Waals surface area contributed by atoms with Crippen molar-refractivity contribution >= 4 is 7.32 Å². The summed E-state index contributed by atoms with van der Waals surface area (Å²) in [5.74, 6) is -0.384. The third-order valence-corrected chi connectivity index (χ3v) is 2.65. The molecule has 2 N–H and O–H groups in total. The minimum Gasteiger partial charge on any atom is -0.512 e. The van der Waals surface area contributed by atoms with E-state index in [1.54, 1.807) is 0 Å². The molecule has 0 saturated carbocycles. The summed E-state index contributed by atoms with van der Waals surface area (Å²) in [5.41, 5.74) is 0. The molecule has 1 aromatic carbocycles. The van der Waals surface area contributed by atoms with Crippen LogP contribution in [0.4, 0.5) is 4.39 Å². The predicted molar refractivity (Wildman–Crippen MR) is 71.5 cm³/mol. The summed E-state index contributed by atoms with van der Waals surface area (Å²) in [6.07, 6.45) is 5.54. The third kappa shape index (κ3) is 6.45. The maximum Gasteiger partial charge on any atom is 0.707 e. The van der Waals surface area contributed by atoms with Crippen molar-refractivity contribution in [3.63, 3.8) is 0 Å². The zero-order valence-corrected chi connectivity index (χ0v) is 11.1. The fourth-order valence-corrected chi connectivity index (χ4v) is 1.68. The number of unbranched alkanes of at least 4 members (excludes halogenated alkanes) is 4. The van der Waals surface area contributed by atoms with Crippen LogP contribution in [0.3, 0.4) is 0 Å². The van der Waals surface area contributed by atoms with Gasteiger partial charge in [-0.2, -0.15) is 0 Å². The zero-order valence-electron chi connectivity index (χ0n) is 11.1. The lowest BCUT2D eigenvalue weighted by atomic mass is 10.2. The maximum atomic E-state index is 13.6. The van der Waals surface area contributed by atoms with E-state index >= 15 is 0 Å². The standard InChI is InChI=1S/C13H20BFO4/c1-2-3-4-5-6-9-18-13-8-7-11(10-12(13)15)19-14(16)17/h7-8,10,16-17H,2-6,9H2,1H3. The number of ether oxygens (including phenoxy) is 1. The van der Waals surface area contributed by atoms with E-state index in [0.29, 0.717) is 6.61 Å². The van der Waals surface area contributed by atoms with Crippen LogP contribution in [0.15, 0.2) is 18.2 Å². The van der Waals surface area contributed by atoms with Crippen molar-refractivity contribution in [2.75, 3.05) is 6.61 Å². The van der Waals surface area contributed by atoms with Crippen LogP contribution in [0, 0.1) is 5.82 Å². The van der Waals surface area contributed by atoms with Gasteiger partial charge in [-0.25, -0.2) is 4.39 Å². The van der Waals surface area contributed by atoms with Crippen molar-refractivity contribution in [2.24, 2.45) is 0 Å². The van der Waals surface area contributed by atoms with Gasteiger partial charge in [0.05, 0.1) is 6.61 Å². The second-order valence-corrected chi connectivity index (χ2v) is 4.30. The Hall–Kier alpha value is -1.27. The molecule has 0 radical (unpaired) electrons. The predicted octanol–water partition coefficient (Wildman–Crippen LogP) is 2.52. The second kappa shape index (κ2) is 8.77. The highest BCUT2D eigenvalue weighted by Crippen LogP contribution is 2.23. The van der Waals surface area contributed by atoms with Crippen molar-refractivity contribution in [3.05, 3.63) is 24.0 Å². The molecule has 4 nitrogen and oxygen atoms in total. The van der Waals surface area contributed by atoms with Crippen LogP contribution in [0.25, 0.3) is 0 Å². The van der Waals surface area contributed by atoms with E-state index < -0.39 is 13.1 Å². The number of hydrogen-bond donors (Lipinski definition) is 2. The van der Waals surface area contributed by atoms with Gasteiger partial charge in [0.15, 0.2) is 11.6 Å². The summed E-state index contributed by atoms with van der Waals surface area (Å²) in [7, 11) is -1.95. The minimum atomic E-state index is -1.95. The molecule has 6 heteroatoms. The molecule has 1 aromatic rings. The zero-order chi connectivity index (χ0) is 14.1. The highest BCUT2D eigenvalue weighted by Gasteiger charge is 2.13. The van der Waals surface area contributed by atoms with Gasteiger partial charge in [-0.05, 0) is 18.6 Å². The van der Waals surface area contributed by atoms with Gasteiger partial charge in [0.2, 0.25) is 0 Å². The molecule has 106 valence electrons. The van der Waals surface area contributed by atoms with Crippen LogP contribution in [0.1, 0.15) is 39.0 Å². The van der Waals surface area contributed by atoms with E-state index in [4.69, 9.17) is 14.8 Å². The largest absolute Gasteiger partial charge is 0.707 e. The lowest BCUT2D eigenvalue weighted by Gasteiger charge is -2.09. The fourth-order valence-electron chi connectivity index (χ4n) is 1.68. The number of halogens is 1. The van der Waals surface area contributed by atoms with E-state index in [1.807, 2.05) is 0 Å². The summed E-state index contributed by atoms with van der Waals surface area (Å²) in [6.45, 7) is 2.63. The molecule has 0 fully saturated rings. The first-order valence-electron chi connectivity index (χ1n) is 6.58. The van der Waals surface area contributed by atoms with E-state index in [9.17, 15) is 4.39 Å². The van der Waals surface area contributed by atoms with E-state index in [0.717, 1.165) is 18.9 Å². The van der Waals surface area contributed by atoms with Gasteiger partial charge in [0.25, 0.3) is 0 Å². The minimum absolute atomic E-state index is 0.0443. The second-order valence-electron chi connectivity index (χ2n) is 4.30. The molecule has 0 atom stereocenters. The van der Waals surface area contributed by atoms with Crippen LogP contribution >= 0.6 is 0 Å². The SMILES string of the molecule is CCCCCCCOc1ccc(OB(O)O)cc1F. The molecule has 0 aliphatic rings. The smallest absolute Gasteiger partial charge is 0.512 e. The molecule has 19 heavy (non-hydrogen) atoms. The van der Waals surface area contributed by atoms with Crippen LogP contribution < -0.4 is 9.39 Å². The Morgan fingerprint density at radius 3 is 2.53 bits per heavy atom. The monoisotopic (exact) mass is 270 g/mol. The van der Waals surface area contributed by atoms with Gasteiger partial charge in [-0.3, -0.25) is 0 Å². The summed E-state index contributed by atoms with van der Waals surface area (Å²) < 4.78 is 23.4. The quantitative estimate of drug-likeness (QED) is 0.534. The lowest BCUT2D eigenvalue weighted by Crippen LogP contribution is -2.20. The molecule has 0 amide bonds. The van der Waals surface area contributed by atoms with E-state index in [2.05, 4.69) is 11.6 Å². The average Bonchev–Trinajstić information content (AvgIpc) is 2.35. The molecule has 0 spiro atoms. The molecular weight excluding hydrogens is 250 g/mol. The normalized spacial score (nSPS) is 10.3. The Labute approximate surface area is 113 Å². The van der Waals surface area contributed by atoms with Crippen LogP contribution in [-0.2, 0) is 0 Å². The Bertz CT molecular complexity index is 374. The maximum absolute atomic E-state index is 13.6. The average molecular weight is 270 g/mol. The molecule has 1 rings (SSSR count). The topological polar surface area (TPSA) is 58.9 Å². The van der Waals surface area contributed by atoms with Crippen molar-refractivity contribution in [2.45, 2.75) is 39.0 Å². The van der Waals surface area contributed by atoms with Gasteiger partial charge < -0.3 is 19.4 Å². The fraction of sp³-hybridized carbons (Fsp3) is 0.538. The van der Waals surface area contributed by atoms with Crippen molar-refractivity contribution < 1.29 is 23.8 Å². The van der Waals surface area contributed by atoms with Gasteiger partial charge in [0, 0.05) is 6.07 Å². The number of rotatable bonds is 9. The molecular formula is C13H20BFO4. The van der Waals surface area contributed by atoms with Crippen LogP contribution in [0.2, 0.25) is 0 Å². The van der Waals surface area contributed by atoms with Gasteiger partial charge >= 0.3 is 7.32 Å². The first-order chi connectivity index (χ1) is 9.13. The van der Waals surface area contributed by atoms with E-state index in [1.165, 1.54) is 31.4 Å². The molecule has 0 aromatic heterocycles. The summed E-state index contributed by atoms with van der Waals surface area (Å²) in [4.78, 5) is 0. The molecule has 0 heterocycles. The highest BCUT2D eigenvalue weighted by atomic mass is 19.1. The number of benzene rings is 1. The Kier molecular flexibility index (Phi) is 7.29. The Morgan fingerprint density at radius 1 is 1.16 bits per heavy atom. The summed E-state index contributed by atoms with van der Waals surface area (Å²) >= 11 is 0. The summed E-state index contributed by atoms with van der Waals surface area (Å²) in [6, 6.07) is 3.90. The molecule has 0 saturated heterocycles. The van der Waals surface area contributed by atoms with Gasteiger partial charge in [0.1, 0.15) is 5.75 Å². The molecule has 0 aliphatic carbocycles. The first kappa shape index (κ1) is 15.8.